The highest BCUT2D eigenvalue weighted by Gasteiger charge is 2.24. The molecule has 1 aliphatic rings. The number of amides is 2. The lowest BCUT2D eigenvalue weighted by Gasteiger charge is -2.35. The fourth-order valence-corrected chi connectivity index (χ4v) is 3.52. The van der Waals surface area contributed by atoms with Crippen molar-refractivity contribution in [3.8, 4) is 0 Å². The first kappa shape index (κ1) is 17.8. The Morgan fingerprint density at radius 1 is 1.17 bits per heavy atom. The number of primary amides is 1. The molecule has 0 atom stereocenters. The smallest absolute Gasteiger partial charge is 0.255 e. The van der Waals surface area contributed by atoms with Crippen molar-refractivity contribution in [3.05, 3.63) is 29.8 Å². The highest BCUT2D eigenvalue weighted by molar-refractivity contribution is 8.00. The summed E-state index contributed by atoms with van der Waals surface area (Å²) in [7, 11) is 0. The third-order valence-corrected chi connectivity index (χ3v) is 4.87. The van der Waals surface area contributed by atoms with E-state index in [2.05, 4.69) is 18.7 Å². The third-order valence-electron chi connectivity index (χ3n) is 3.77. The van der Waals surface area contributed by atoms with Gasteiger partial charge < -0.3 is 10.6 Å². The van der Waals surface area contributed by atoms with Crippen LogP contribution in [0, 0.1) is 5.92 Å². The minimum absolute atomic E-state index is 0.0433. The number of thioether (sulfide) groups is 1. The molecule has 1 saturated heterocycles. The largest absolute Gasteiger partial charge is 0.369 e. The van der Waals surface area contributed by atoms with Gasteiger partial charge in [-0.25, -0.2) is 0 Å². The minimum atomic E-state index is -0.375. The van der Waals surface area contributed by atoms with Gasteiger partial charge in [0, 0.05) is 37.6 Å². The van der Waals surface area contributed by atoms with E-state index >= 15 is 0 Å². The Morgan fingerprint density at radius 2 is 1.83 bits per heavy atom. The van der Waals surface area contributed by atoms with Gasteiger partial charge in [-0.15, -0.1) is 11.8 Å². The summed E-state index contributed by atoms with van der Waals surface area (Å²) in [6, 6.07) is 7.43. The van der Waals surface area contributed by atoms with Crippen molar-refractivity contribution in [1.82, 2.24) is 9.80 Å². The van der Waals surface area contributed by atoms with Gasteiger partial charge in [0.1, 0.15) is 0 Å². The van der Waals surface area contributed by atoms with E-state index in [1.165, 1.54) is 11.8 Å². The van der Waals surface area contributed by atoms with Crippen LogP contribution >= 0.6 is 11.8 Å². The molecule has 1 aromatic carbocycles. The van der Waals surface area contributed by atoms with E-state index in [1.807, 2.05) is 29.2 Å². The first-order valence-corrected chi connectivity index (χ1v) is 8.97. The molecule has 2 N–H and O–H groups in total. The molecule has 2 rings (SSSR count). The molecule has 0 aliphatic carbocycles. The van der Waals surface area contributed by atoms with Crippen molar-refractivity contribution in [1.29, 1.82) is 0 Å². The Balaban J connectivity index is 2.00. The number of hydrogen-bond acceptors (Lipinski definition) is 4. The molecule has 1 heterocycles. The van der Waals surface area contributed by atoms with Crippen LogP contribution in [0.2, 0.25) is 0 Å². The van der Waals surface area contributed by atoms with Gasteiger partial charge in [0.15, 0.2) is 0 Å². The maximum atomic E-state index is 12.8. The standard InChI is InChI=1S/C17H25N3O2S/c1-13(2)11-19-7-9-20(10-8-19)17(22)14-5-3-4-6-15(14)23-12-16(18)21/h3-6,13H,7-12H2,1-2H3,(H2,18,21). The molecule has 0 radical (unpaired) electrons. The Morgan fingerprint density at radius 3 is 2.43 bits per heavy atom. The van der Waals surface area contributed by atoms with Crippen LogP contribution in [0.25, 0.3) is 0 Å². The van der Waals surface area contributed by atoms with Crippen molar-refractivity contribution >= 4 is 23.6 Å². The summed E-state index contributed by atoms with van der Waals surface area (Å²) in [5.74, 6) is 0.497. The zero-order chi connectivity index (χ0) is 16.8. The summed E-state index contributed by atoms with van der Waals surface area (Å²) in [5.41, 5.74) is 5.87. The van der Waals surface area contributed by atoms with E-state index < -0.39 is 0 Å². The number of piperazine rings is 1. The Labute approximate surface area is 142 Å². The van der Waals surface area contributed by atoms with E-state index in [1.54, 1.807) is 0 Å². The molecule has 126 valence electrons. The summed E-state index contributed by atoms with van der Waals surface area (Å²) in [5, 5.41) is 0. The summed E-state index contributed by atoms with van der Waals surface area (Å²) in [6.07, 6.45) is 0. The molecule has 0 aromatic heterocycles. The van der Waals surface area contributed by atoms with Crippen LogP contribution < -0.4 is 5.73 Å². The van der Waals surface area contributed by atoms with E-state index in [9.17, 15) is 9.59 Å². The first-order valence-electron chi connectivity index (χ1n) is 7.99. The van der Waals surface area contributed by atoms with Gasteiger partial charge in [0.05, 0.1) is 11.3 Å². The van der Waals surface area contributed by atoms with Crippen molar-refractivity contribution < 1.29 is 9.59 Å². The minimum Gasteiger partial charge on any atom is -0.369 e. The Hall–Kier alpha value is -1.53. The quantitative estimate of drug-likeness (QED) is 0.803. The lowest BCUT2D eigenvalue weighted by Crippen LogP contribution is -2.49. The fourth-order valence-electron chi connectivity index (χ4n) is 2.74. The summed E-state index contributed by atoms with van der Waals surface area (Å²) in [6.45, 7) is 8.84. The Bertz CT molecular complexity index is 555. The third kappa shape index (κ3) is 5.25. The summed E-state index contributed by atoms with van der Waals surface area (Å²) < 4.78 is 0. The van der Waals surface area contributed by atoms with E-state index in [0.29, 0.717) is 11.5 Å². The molecule has 0 saturated carbocycles. The molecule has 6 heteroatoms. The van der Waals surface area contributed by atoms with E-state index in [0.717, 1.165) is 37.6 Å². The SMILES string of the molecule is CC(C)CN1CCN(C(=O)c2ccccc2SCC(N)=O)CC1. The molecular formula is C17H25N3O2S. The number of carbonyl (C=O) groups is 2. The maximum Gasteiger partial charge on any atom is 0.255 e. The lowest BCUT2D eigenvalue weighted by atomic mass is 10.1. The first-order chi connectivity index (χ1) is 11.0. The van der Waals surface area contributed by atoms with Gasteiger partial charge in [-0.2, -0.15) is 0 Å². The molecule has 0 unspecified atom stereocenters. The molecule has 0 spiro atoms. The monoisotopic (exact) mass is 335 g/mol. The molecule has 0 bridgehead atoms. The molecule has 5 nitrogen and oxygen atoms in total. The number of hydrogen-bond donors (Lipinski definition) is 1. The van der Waals surface area contributed by atoms with Crippen LogP contribution in [-0.2, 0) is 4.79 Å². The van der Waals surface area contributed by atoms with Crippen LogP contribution in [0.1, 0.15) is 24.2 Å². The topological polar surface area (TPSA) is 66.6 Å². The van der Waals surface area contributed by atoms with Crippen LogP contribution in [0.3, 0.4) is 0 Å². The predicted octanol–water partition coefficient (Wildman–Crippen LogP) is 1.68. The van der Waals surface area contributed by atoms with Crippen molar-refractivity contribution in [2.75, 3.05) is 38.5 Å². The average Bonchev–Trinajstić information content (AvgIpc) is 2.52. The van der Waals surface area contributed by atoms with E-state index in [4.69, 9.17) is 5.73 Å². The van der Waals surface area contributed by atoms with Crippen LogP contribution in [0.15, 0.2) is 29.2 Å². The van der Waals surface area contributed by atoms with Crippen molar-refractivity contribution in [2.24, 2.45) is 11.7 Å². The zero-order valence-corrected chi connectivity index (χ0v) is 14.6. The number of nitrogens with two attached hydrogens (primary N) is 1. The molecule has 1 aliphatic heterocycles. The molecule has 2 amide bonds. The predicted molar refractivity (Wildman–Crippen MR) is 93.5 cm³/mol. The molecule has 23 heavy (non-hydrogen) atoms. The zero-order valence-electron chi connectivity index (χ0n) is 13.8. The van der Waals surface area contributed by atoms with Gasteiger partial charge in [-0.05, 0) is 18.1 Å². The second-order valence-corrected chi connectivity index (χ2v) is 7.25. The molecular weight excluding hydrogens is 310 g/mol. The van der Waals surface area contributed by atoms with Gasteiger partial charge in [0.2, 0.25) is 5.91 Å². The number of benzene rings is 1. The number of carbonyl (C=O) groups excluding carboxylic acids is 2. The summed E-state index contributed by atoms with van der Waals surface area (Å²) >= 11 is 1.32. The van der Waals surface area contributed by atoms with Gasteiger partial charge in [0.25, 0.3) is 5.91 Å². The van der Waals surface area contributed by atoms with Gasteiger partial charge in [-0.3, -0.25) is 14.5 Å². The highest BCUT2D eigenvalue weighted by Crippen LogP contribution is 2.24. The number of nitrogens with zero attached hydrogens (tertiary/aromatic N) is 2. The summed E-state index contributed by atoms with van der Waals surface area (Å²) in [4.78, 5) is 28.9. The average molecular weight is 335 g/mol. The van der Waals surface area contributed by atoms with Gasteiger partial charge in [-0.1, -0.05) is 26.0 Å². The van der Waals surface area contributed by atoms with Crippen molar-refractivity contribution in [2.45, 2.75) is 18.7 Å². The normalized spacial score (nSPS) is 15.9. The van der Waals surface area contributed by atoms with Crippen LogP contribution in [-0.4, -0.2) is 60.1 Å². The van der Waals surface area contributed by atoms with Crippen LogP contribution in [0.4, 0.5) is 0 Å². The molecule has 1 fully saturated rings. The second kappa shape index (κ2) is 8.36. The number of rotatable bonds is 6. The fraction of sp³-hybridized carbons (Fsp3) is 0.529. The van der Waals surface area contributed by atoms with E-state index in [-0.39, 0.29) is 17.6 Å². The second-order valence-electron chi connectivity index (χ2n) is 6.24. The van der Waals surface area contributed by atoms with Gasteiger partial charge >= 0.3 is 0 Å². The maximum absolute atomic E-state index is 12.8. The Kier molecular flexibility index (Phi) is 6.47. The molecule has 1 aromatic rings. The lowest BCUT2D eigenvalue weighted by molar-refractivity contribution is -0.115. The van der Waals surface area contributed by atoms with Crippen molar-refractivity contribution in [3.63, 3.8) is 0 Å². The van der Waals surface area contributed by atoms with Crippen LogP contribution in [0.5, 0.6) is 0 Å². The highest BCUT2D eigenvalue weighted by atomic mass is 32.2.